The molecular weight excluding hydrogens is 801 g/mol. The molecule has 0 aromatic carbocycles. The van der Waals surface area contributed by atoms with E-state index in [0.717, 1.165) is 38.5 Å². The van der Waals surface area contributed by atoms with Crippen molar-refractivity contribution in [3.05, 3.63) is 0 Å². The van der Waals surface area contributed by atoms with Crippen LogP contribution in [-0.2, 0) is 38.3 Å². The fourth-order valence-electron chi connectivity index (χ4n) is 8.15. The lowest BCUT2D eigenvalue weighted by atomic mass is 9.99. The quantitative estimate of drug-likeness (QED) is 0.0259. The predicted octanol–water partition coefficient (Wildman–Crippen LogP) is 11.3. The predicted molar refractivity (Wildman–Crippen MR) is 244 cm³/mol. The maximum atomic E-state index is 12.9. The van der Waals surface area contributed by atoms with E-state index >= 15 is 0 Å². The van der Waals surface area contributed by atoms with Crippen molar-refractivity contribution >= 4 is 16.4 Å². The summed E-state index contributed by atoms with van der Waals surface area (Å²) in [7, 11) is -5.05. The fourth-order valence-corrected chi connectivity index (χ4v) is 8.65. The highest BCUT2D eigenvalue weighted by atomic mass is 32.3. The number of aliphatic hydroxyl groups excluding tert-OH is 3. The molecule has 0 aromatic heterocycles. The Bertz CT molecular complexity index is 1080. The van der Waals surface area contributed by atoms with E-state index in [-0.39, 0.29) is 19.6 Å². The van der Waals surface area contributed by atoms with Gasteiger partial charge in [-0.1, -0.05) is 219 Å². The molecule has 13 heteroatoms. The van der Waals surface area contributed by atoms with Crippen molar-refractivity contribution in [3.63, 3.8) is 0 Å². The van der Waals surface area contributed by atoms with Crippen LogP contribution in [0.2, 0.25) is 0 Å². The van der Waals surface area contributed by atoms with E-state index in [9.17, 15) is 28.5 Å². The van der Waals surface area contributed by atoms with Gasteiger partial charge >= 0.3 is 16.4 Å². The Labute approximate surface area is 373 Å². The molecule has 1 heterocycles. The van der Waals surface area contributed by atoms with Gasteiger partial charge in [0.1, 0.15) is 30.5 Å². The van der Waals surface area contributed by atoms with Crippen molar-refractivity contribution < 1.29 is 56.2 Å². The molecular formula is C48H94O12S. The zero-order valence-corrected chi connectivity index (χ0v) is 39.8. The van der Waals surface area contributed by atoms with Gasteiger partial charge in [0.15, 0.2) is 6.29 Å². The highest BCUT2D eigenvalue weighted by molar-refractivity contribution is 7.80. The molecule has 0 bridgehead atoms. The molecule has 1 aliphatic rings. The minimum Gasteiger partial charge on any atom is -0.457 e. The van der Waals surface area contributed by atoms with Crippen molar-refractivity contribution in [1.82, 2.24) is 0 Å². The van der Waals surface area contributed by atoms with Crippen LogP contribution in [0.1, 0.15) is 239 Å². The molecule has 12 nitrogen and oxygen atoms in total. The topological polar surface area (TPSA) is 178 Å². The number of hydrogen-bond donors (Lipinski definition) is 4. The molecule has 1 aliphatic heterocycles. The molecule has 0 amide bonds. The van der Waals surface area contributed by atoms with E-state index in [1.54, 1.807) is 0 Å². The first-order valence-electron chi connectivity index (χ1n) is 25.3. The number of hydrogen-bond acceptors (Lipinski definition) is 11. The summed E-state index contributed by atoms with van der Waals surface area (Å²) in [6.07, 6.45) is 34.5. The SMILES string of the molecule is CCCCCCCCCCCCCCCCCCCCCCCCCCCC(=O)OC(COCCCCCCCCCCC)COC1OC(CO)C(O)C(OS(=O)(=O)O)C1O. The Morgan fingerprint density at radius 2 is 0.934 bits per heavy atom. The maximum Gasteiger partial charge on any atom is 0.397 e. The Kier molecular flexibility index (Phi) is 38.7. The summed E-state index contributed by atoms with van der Waals surface area (Å²) in [6.45, 7) is 4.02. The highest BCUT2D eigenvalue weighted by Gasteiger charge is 2.48. The van der Waals surface area contributed by atoms with Crippen LogP contribution < -0.4 is 0 Å². The fraction of sp³-hybridized carbons (Fsp3) is 0.979. The van der Waals surface area contributed by atoms with Gasteiger partial charge in [-0.3, -0.25) is 9.35 Å². The van der Waals surface area contributed by atoms with Crippen LogP contribution in [-0.4, -0.2) is 97.5 Å². The summed E-state index contributed by atoms with van der Waals surface area (Å²) >= 11 is 0. The Hall–Kier alpha value is -0.900. The first kappa shape index (κ1) is 58.1. The smallest absolute Gasteiger partial charge is 0.397 e. The molecule has 1 saturated heterocycles. The van der Waals surface area contributed by atoms with E-state index in [0.29, 0.717) is 13.0 Å². The van der Waals surface area contributed by atoms with Crippen LogP contribution in [0.5, 0.6) is 0 Å². The van der Waals surface area contributed by atoms with Crippen molar-refractivity contribution in [2.24, 2.45) is 0 Å². The lowest BCUT2D eigenvalue weighted by Crippen LogP contribution is -2.60. The molecule has 0 aliphatic carbocycles. The number of ether oxygens (including phenoxy) is 4. The van der Waals surface area contributed by atoms with Gasteiger partial charge in [-0.05, 0) is 12.8 Å². The first-order chi connectivity index (χ1) is 29.6. The zero-order chi connectivity index (χ0) is 44.7. The van der Waals surface area contributed by atoms with Gasteiger partial charge in [0.25, 0.3) is 0 Å². The number of carbonyl (C=O) groups is 1. The second-order valence-electron chi connectivity index (χ2n) is 17.8. The van der Waals surface area contributed by atoms with E-state index < -0.39 is 59.8 Å². The Balaban J connectivity index is 2.24. The molecule has 364 valence electrons. The third-order valence-corrected chi connectivity index (χ3v) is 12.4. The summed E-state index contributed by atoms with van der Waals surface area (Å²) in [5.74, 6) is -0.393. The lowest BCUT2D eigenvalue weighted by molar-refractivity contribution is -0.301. The number of aliphatic hydroxyl groups is 3. The Morgan fingerprint density at radius 3 is 1.31 bits per heavy atom. The van der Waals surface area contributed by atoms with Gasteiger partial charge in [0, 0.05) is 13.0 Å². The monoisotopic (exact) mass is 895 g/mol. The summed E-state index contributed by atoms with van der Waals surface area (Å²) in [4.78, 5) is 12.9. The summed E-state index contributed by atoms with van der Waals surface area (Å²) < 4.78 is 59.0. The molecule has 0 spiro atoms. The molecule has 6 atom stereocenters. The summed E-state index contributed by atoms with van der Waals surface area (Å²) in [6, 6.07) is 0. The van der Waals surface area contributed by atoms with Gasteiger partial charge in [0.05, 0.1) is 19.8 Å². The van der Waals surface area contributed by atoms with Crippen LogP contribution >= 0.6 is 0 Å². The van der Waals surface area contributed by atoms with Crippen LogP contribution in [0, 0.1) is 0 Å². The van der Waals surface area contributed by atoms with Gasteiger partial charge in [0.2, 0.25) is 0 Å². The number of rotatable bonds is 45. The van der Waals surface area contributed by atoms with E-state index in [4.69, 9.17) is 23.5 Å². The average Bonchev–Trinajstić information content (AvgIpc) is 3.23. The maximum absolute atomic E-state index is 12.9. The third kappa shape index (κ3) is 34.2. The third-order valence-electron chi connectivity index (χ3n) is 12.0. The van der Waals surface area contributed by atoms with E-state index in [1.807, 2.05) is 0 Å². The van der Waals surface area contributed by atoms with Crippen molar-refractivity contribution in [3.8, 4) is 0 Å². The second kappa shape index (κ2) is 40.6. The largest absolute Gasteiger partial charge is 0.457 e. The standard InChI is InChI=1S/C48H94O12S/c1-3-5-7-9-11-13-14-15-16-17-18-19-20-21-22-23-24-25-26-27-28-29-31-33-35-37-44(50)58-42(40-56-38-36-34-32-30-12-10-8-6-4-2)41-57-48-46(52)47(60-61(53,54)55)45(51)43(39-49)59-48/h42-43,45-49,51-52H,3-41H2,1-2H3,(H,53,54,55). The van der Waals surface area contributed by atoms with Crippen LogP contribution in [0.25, 0.3) is 0 Å². The zero-order valence-electron chi connectivity index (χ0n) is 39.0. The van der Waals surface area contributed by atoms with E-state index in [1.165, 1.54) is 173 Å². The molecule has 1 fully saturated rings. The van der Waals surface area contributed by atoms with Gasteiger partial charge in [-0.15, -0.1) is 0 Å². The van der Waals surface area contributed by atoms with Gasteiger partial charge in [-0.25, -0.2) is 4.18 Å². The number of esters is 1. The van der Waals surface area contributed by atoms with Gasteiger partial charge < -0.3 is 34.3 Å². The van der Waals surface area contributed by atoms with Crippen LogP contribution in [0.15, 0.2) is 0 Å². The second-order valence-corrected chi connectivity index (χ2v) is 18.8. The molecule has 0 aromatic rings. The summed E-state index contributed by atoms with van der Waals surface area (Å²) in [5, 5.41) is 30.6. The van der Waals surface area contributed by atoms with E-state index in [2.05, 4.69) is 18.0 Å². The lowest BCUT2D eigenvalue weighted by Gasteiger charge is -2.41. The normalized spacial score (nSPS) is 20.0. The molecule has 0 radical (unpaired) electrons. The number of unbranched alkanes of at least 4 members (excludes halogenated alkanes) is 32. The molecule has 0 saturated carbocycles. The first-order valence-corrected chi connectivity index (χ1v) is 26.7. The molecule has 61 heavy (non-hydrogen) atoms. The molecule has 4 N–H and O–H groups in total. The van der Waals surface area contributed by atoms with Crippen molar-refractivity contribution in [2.45, 2.75) is 275 Å². The minimum atomic E-state index is -5.05. The molecule has 6 unspecified atom stereocenters. The Morgan fingerprint density at radius 1 is 0.557 bits per heavy atom. The summed E-state index contributed by atoms with van der Waals surface area (Å²) in [5.41, 5.74) is 0. The minimum absolute atomic E-state index is 0.0437. The van der Waals surface area contributed by atoms with Crippen molar-refractivity contribution in [1.29, 1.82) is 0 Å². The number of carbonyl (C=O) groups excluding carboxylic acids is 1. The van der Waals surface area contributed by atoms with Crippen LogP contribution in [0.4, 0.5) is 0 Å². The molecule has 1 rings (SSSR count). The average molecular weight is 895 g/mol. The van der Waals surface area contributed by atoms with Crippen molar-refractivity contribution in [2.75, 3.05) is 26.4 Å². The highest BCUT2D eigenvalue weighted by Crippen LogP contribution is 2.26. The van der Waals surface area contributed by atoms with Crippen LogP contribution in [0.3, 0.4) is 0 Å². The van der Waals surface area contributed by atoms with Gasteiger partial charge in [-0.2, -0.15) is 8.42 Å².